The average Bonchev–Trinajstić information content (AvgIpc) is 0.872. The Kier molecular flexibility index (Phi) is 85.2. The predicted molar refractivity (Wildman–Crippen MR) is 611 cm³/mol. The SMILES string of the molecule is CC(C)(C)CC(=O)C(C)(C)C.CC(C)(C)CC(=O)NC(C)(C)C.CC(C)(C)CCCOCC(C)(C)C.CC(C)(C)COCCC(=O)NC(C)(C)C.CC(C)(C)COCCNC(C)(C)C.CC(C)(C)COCCOC(=O)C(C)(C)C.CC(C)(C)COCCOC(C)(C)C.CC(C)(C)COCCOCC(C)(C)C.CC(C)(C)NCCOC(C)(C)C.CC(C)(C)OCOC(C)(C)C.CC(C)OCCC(=O)NC(C)(C)C. The van der Waals surface area contributed by atoms with Gasteiger partial charge < -0.3 is 88.2 Å². The molecule has 0 radical (unpaired) electrons. The van der Waals surface area contributed by atoms with Crippen LogP contribution in [0.3, 0.4) is 0 Å². The fourth-order valence-electron chi connectivity index (χ4n) is 9.16. The van der Waals surface area contributed by atoms with Gasteiger partial charge >= 0.3 is 5.97 Å². The molecule has 0 rings (SSSR count). The quantitative estimate of drug-likeness (QED) is 0.0222. The maximum Gasteiger partial charge on any atom is 0.311 e. The first-order valence-electron chi connectivity index (χ1n) is 53.4. The lowest BCUT2D eigenvalue weighted by atomic mass is 9.80. The number of amides is 3. The second kappa shape index (κ2) is 74.9. The number of rotatable bonds is 36. The lowest BCUT2D eigenvalue weighted by Crippen LogP contribution is -2.41. The van der Waals surface area contributed by atoms with Crippen LogP contribution in [0.1, 0.15) is 489 Å². The van der Waals surface area contributed by atoms with Gasteiger partial charge in [-0.1, -0.05) is 228 Å². The summed E-state index contributed by atoms with van der Waals surface area (Å²) < 4.78 is 70.5. The number of nitrogens with one attached hydrogen (secondary N) is 5. The molecule has 23 nitrogen and oxygen atoms in total. The molecule has 0 spiro atoms. The molecule has 0 aliphatic carbocycles. The maximum atomic E-state index is 11.5. The van der Waals surface area contributed by atoms with Crippen LogP contribution in [0.15, 0.2) is 0 Å². The zero-order valence-electron chi connectivity index (χ0n) is 108. The van der Waals surface area contributed by atoms with Crippen molar-refractivity contribution in [2.45, 2.75) is 545 Å². The van der Waals surface area contributed by atoms with Gasteiger partial charge in [-0.05, 0) is 289 Å². The van der Waals surface area contributed by atoms with Crippen molar-refractivity contribution in [3.63, 3.8) is 0 Å². The zero-order valence-corrected chi connectivity index (χ0v) is 108. The summed E-state index contributed by atoms with van der Waals surface area (Å²) in [4.78, 5) is 56.8. The summed E-state index contributed by atoms with van der Waals surface area (Å²) in [6, 6.07) is 0. The van der Waals surface area contributed by atoms with Gasteiger partial charge in [-0.2, -0.15) is 0 Å². The molecule has 0 aliphatic heterocycles. The number of ketones is 1. The summed E-state index contributed by atoms with van der Waals surface area (Å²) in [6.07, 6.45) is 4.77. The van der Waals surface area contributed by atoms with Crippen LogP contribution in [0.4, 0.5) is 0 Å². The first-order chi connectivity index (χ1) is 62.0. The molecule has 5 N–H and O–H groups in total. The predicted octanol–water partition coefficient (Wildman–Crippen LogP) is 29.1. The number of esters is 1. The molecule has 0 heterocycles. The van der Waals surface area contributed by atoms with E-state index >= 15 is 0 Å². The highest BCUT2D eigenvalue weighted by Crippen LogP contribution is 2.28. The van der Waals surface area contributed by atoms with Gasteiger partial charge in [0, 0.05) is 78.5 Å². The molecule has 864 valence electrons. The molecule has 0 fully saturated rings. The Morgan fingerprint density at radius 2 is 0.486 bits per heavy atom. The summed E-state index contributed by atoms with van der Waals surface area (Å²) in [6.45, 7) is 150. The first kappa shape index (κ1) is 162. The number of hydrogen-bond donors (Lipinski definition) is 5. The summed E-state index contributed by atoms with van der Waals surface area (Å²) in [5.41, 5.74) is 1.45. The van der Waals surface area contributed by atoms with Crippen molar-refractivity contribution in [2.75, 3.05) is 139 Å². The largest absolute Gasteiger partial charge is 0.463 e. The minimum Gasteiger partial charge on any atom is -0.463 e. The van der Waals surface area contributed by atoms with Gasteiger partial charge in [0.25, 0.3) is 0 Å². The molecule has 0 saturated heterocycles. The average molecular weight is 2040 g/mol. The molecule has 0 aromatic heterocycles. The van der Waals surface area contributed by atoms with E-state index < -0.39 is 5.41 Å². The van der Waals surface area contributed by atoms with E-state index in [1.54, 1.807) is 0 Å². The van der Waals surface area contributed by atoms with Crippen molar-refractivity contribution in [3.8, 4) is 0 Å². The summed E-state index contributed by atoms with van der Waals surface area (Å²) in [5.74, 6) is 0.409. The second-order valence-corrected chi connectivity index (χ2v) is 61.2. The monoisotopic (exact) mass is 2040 g/mol. The van der Waals surface area contributed by atoms with Crippen molar-refractivity contribution in [1.82, 2.24) is 26.6 Å². The van der Waals surface area contributed by atoms with Crippen LogP contribution in [0.5, 0.6) is 0 Å². The molecule has 0 unspecified atom stereocenters. The molecule has 23 heteroatoms. The Morgan fingerprint density at radius 1 is 0.232 bits per heavy atom. The number of carbonyl (C=O) groups is 5. The lowest BCUT2D eigenvalue weighted by Gasteiger charge is -2.24. The Hall–Kier alpha value is -3.01. The van der Waals surface area contributed by atoms with Crippen LogP contribution < -0.4 is 26.6 Å². The van der Waals surface area contributed by atoms with Gasteiger partial charge in [0.15, 0.2) is 0 Å². The molecule has 3 amide bonds. The third-order valence-corrected chi connectivity index (χ3v) is 15.4. The number of Topliss-reactive ketones (excluding diaryl/α,β-unsaturated/α-hetero) is 1. The van der Waals surface area contributed by atoms with E-state index in [2.05, 4.69) is 317 Å². The summed E-state index contributed by atoms with van der Waals surface area (Å²) >= 11 is 0. The molecule has 142 heavy (non-hydrogen) atoms. The van der Waals surface area contributed by atoms with Gasteiger partial charge in [-0.15, -0.1) is 0 Å². The van der Waals surface area contributed by atoms with Crippen molar-refractivity contribution in [3.05, 3.63) is 0 Å². The fourth-order valence-corrected chi connectivity index (χ4v) is 9.16. The highest BCUT2D eigenvalue weighted by atomic mass is 16.7. The third-order valence-electron chi connectivity index (χ3n) is 15.4. The van der Waals surface area contributed by atoms with Crippen LogP contribution in [0.2, 0.25) is 0 Å². The molecular weight excluding hydrogens is 1790 g/mol. The third kappa shape index (κ3) is 192. The van der Waals surface area contributed by atoms with E-state index in [1.807, 2.05) is 159 Å². The fraction of sp³-hybridized carbons (Fsp3) is 0.958. The highest BCUT2D eigenvalue weighted by molar-refractivity contribution is 5.84. The van der Waals surface area contributed by atoms with E-state index in [-0.39, 0.29) is 129 Å². The number of carbonyl (C=O) groups excluding carboxylic acids is 5. The van der Waals surface area contributed by atoms with Gasteiger partial charge in [0.1, 0.15) is 19.2 Å². The van der Waals surface area contributed by atoms with Gasteiger partial charge in [0.05, 0.1) is 140 Å². The van der Waals surface area contributed by atoms with Crippen LogP contribution in [0.25, 0.3) is 0 Å². The molecule has 0 bridgehead atoms. The van der Waals surface area contributed by atoms with Crippen LogP contribution in [-0.2, 0) is 85.6 Å². The topological polar surface area (TPSA) is 265 Å². The first-order valence-corrected chi connectivity index (χ1v) is 53.4. The van der Waals surface area contributed by atoms with Crippen LogP contribution in [-0.4, -0.2) is 224 Å². The van der Waals surface area contributed by atoms with E-state index in [9.17, 15) is 24.0 Å². The lowest BCUT2D eigenvalue weighted by molar-refractivity contribution is -0.164. The molecule has 0 atom stereocenters. The molecule has 0 saturated carbocycles. The van der Waals surface area contributed by atoms with Crippen molar-refractivity contribution < 1.29 is 85.6 Å². The number of hydrogen-bond acceptors (Lipinski definition) is 20. The van der Waals surface area contributed by atoms with E-state index in [4.69, 9.17) is 61.6 Å². The van der Waals surface area contributed by atoms with Gasteiger partial charge in [-0.3, -0.25) is 24.0 Å². The molecule has 0 aliphatic rings. The molecular formula is C119H255N5O18. The summed E-state index contributed by atoms with van der Waals surface area (Å²) in [5, 5.41) is 15.5. The molecule has 0 aromatic rings. The molecule has 0 aromatic carbocycles. The van der Waals surface area contributed by atoms with E-state index in [1.165, 1.54) is 12.8 Å². The van der Waals surface area contributed by atoms with Crippen LogP contribution >= 0.6 is 0 Å². The Balaban J connectivity index is -0.000000148. The minimum atomic E-state index is -0.427. The Bertz CT molecular complexity index is 2820. The standard InChI is InChI=1S/C12H25NO2.C12H24O3.C12H26O2.C12H26O.C11H25NO.C11H24O2.C10H21NO2.C10H23NO.C10H21NO.C10H20O.C9H20O2/c1-11(2,3)9-15-8-7-10(14)13-12(4,5)6;1-11(2,3)9-14-7-8-15-10(13)12(4,5)6;1-11(2,3)9-13-7-8-14-10-12(4,5)6;1-11(2,3)8-7-9-13-10-12(4,5)6;1-10(2,3)9-13-8-7-12-11(4,5)6;1-10(2,3)9-12-7-8-13-11(4,5)6;1-8(2)13-7-6-9(12)11-10(3,4)5;1-9(2,3)11-7-8-12-10(4,5)6;1-9(2,3)7-8(12)11-10(4,5)6;1-9(2,3)7-8(11)10(4,5)6;1-8(2,3)10-7-11-9(4,5)6/h7-9H2,1-6H3,(H,13,14);7-9H2,1-6H3;7-10H2,1-6H3;7-10H2,1-6H3;12H,7-9H2,1-6H3;7-9H2,1-6H3;8H,6-7H2,1-5H3,(H,11,12);11H,7-8H2,1-6H3;7H2,1-6H3,(H,11,12);2*7H2,1-6H3. The number of ether oxygens (including phenoxy) is 13. The van der Waals surface area contributed by atoms with Crippen molar-refractivity contribution >= 4 is 29.5 Å². The van der Waals surface area contributed by atoms with E-state index in [0.29, 0.717) is 115 Å². The van der Waals surface area contributed by atoms with Crippen LogP contribution in [0, 0.1) is 65.0 Å². The van der Waals surface area contributed by atoms with Gasteiger partial charge in [0.2, 0.25) is 17.7 Å². The second-order valence-electron chi connectivity index (χ2n) is 61.2. The van der Waals surface area contributed by atoms with E-state index in [0.717, 1.165) is 65.9 Å². The normalized spacial score (nSPS) is 13.1. The van der Waals surface area contributed by atoms with Gasteiger partial charge in [-0.25, -0.2) is 0 Å². The Labute approximate surface area is 885 Å². The van der Waals surface area contributed by atoms with Crippen molar-refractivity contribution in [1.29, 1.82) is 0 Å². The highest BCUT2D eigenvalue weighted by Gasteiger charge is 2.28. The van der Waals surface area contributed by atoms with Crippen molar-refractivity contribution in [2.24, 2.45) is 65.0 Å². The Morgan fingerprint density at radius 3 is 0.732 bits per heavy atom. The minimum absolute atomic E-state index is 0.0143. The smallest absolute Gasteiger partial charge is 0.311 e. The maximum absolute atomic E-state index is 11.5. The zero-order chi connectivity index (χ0) is 116. The summed E-state index contributed by atoms with van der Waals surface area (Å²) in [7, 11) is 0.